The van der Waals surface area contributed by atoms with Gasteiger partial charge in [0.15, 0.2) is 6.61 Å². The van der Waals surface area contributed by atoms with Crippen molar-refractivity contribution in [3.63, 3.8) is 0 Å². The lowest BCUT2D eigenvalue weighted by Gasteiger charge is -2.11. The highest BCUT2D eigenvalue weighted by atomic mass is 32.2. The fraction of sp³-hybridized carbons (Fsp3) is 0.429. The molecule has 1 N–H and O–H groups in total. The summed E-state index contributed by atoms with van der Waals surface area (Å²) in [7, 11) is -3.08. The third-order valence-electron chi connectivity index (χ3n) is 4.71. The first-order valence-electron chi connectivity index (χ1n) is 10.3. The molecular formula is C21H24F3N5O4S. The molecule has 0 aliphatic rings. The number of aromatic nitrogens is 4. The Morgan fingerprint density at radius 3 is 2.71 bits per heavy atom. The van der Waals surface area contributed by atoms with Crippen LogP contribution in [0.25, 0.3) is 10.9 Å². The number of nitrogens with zero attached hydrogens (tertiary/aromatic N) is 4. The number of carbonyl (C=O) groups excluding carboxylic acids is 1. The monoisotopic (exact) mass is 499 g/mol. The van der Waals surface area contributed by atoms with E-state index in [-0.39, 0.29) is 30.5 Å². The minimum Gasteiger partial charge on any atom is -0.468 e. The number of sulfone groups is 1. The number of hydrogen-bond acceptors (Lipinski definition) is 7. The minimum absolute atomic E-state index is 0.00233. The maximum absolute atomic E-state index is 12.4. The van der Waals surface area contributed by atoms with E-state index in [0.29, 0.717) is 40.7 Å². The number of hydrogen-bond donors (Lipinski definition) is 1. The average molecular weight is 500 g/mol. The van der Waals surface area contributed by atoms with Crippen LogP contribution in [0.1, 0.15) is 23.2 Å². The molecule has 3 heterocycles. The number of ether oxygens (including phenoxy) is 1. The molecule has 0 atom stereocenters. The molecule has 0 spiro atoms. The van der Waals surface area contributed by atoms with E-state index < -0.39 is 22.6 Å². The molecule has 0 aliphatic carbocycles. The summed E-state index contributed by atoms with van der Waals surface area (Å²) in [6, 6.07) is 3.38. The van der Waals surface area contributed by atoms with Crippen molar-refractivity contribution in [3.05, 3.63) is 47.5 Å². The van der Waals surface area contributed by atoms with E-state index in [2.05, 4.69) is 20.4 Å². The van der Waals surface area contributed by atoms with Gasteiger partial charge in [-0.05, 0) is 31.0 Å². The van der Waals surface area contributed by atoms with E-state index in [1.54, 1.807) is 36.1 Å². The molecule has 0 saturated heterocycles. The zero-order valence-corrected chi connectivity index (χ0v) is 19.4. The molecule has 1 amide bonds. The quantitative estimate of drug-likeness (QED) is 0.425. The second-order valence-electron chi connectivity index (χ2n) is 7.90. The molecule has 3 aromatic heterocycles. The topological polar surface area (TPSA) is 116 Å². The lowest BCUT2D eigenvalue weighted by Crippen LogP contribution is -2.27. The number of nitrogens with one attached hydrogen (secondary N) is 1. The number of amides is 1. The smallest absolute Gasteiger partial charge is 0.422 e. The first-order valence-corrected chi connectivity index (χ1v) is 12.4. The number of carbonyl (C=O) groups is 1. The van der Waals surface area contributed by atoms with Crippen molar-refractivity contribution in [2.45, 2.75) is 32.5 Å². The van der Waals surface area contributed by atoms with E-state index >= 15 is 0 Å². The van der Waals surface area contributed by atoms with Crippen LogP contribution in [0.2, 0.25) is 0 Å². The van der Waals surface area contributed by atoms with Gasteiger partial charge in [0.25, 0.3) is 0 Å². The van der Waals surface area contributed by atoms with Crippen LogP contribution in [0.3, 0.4) is 0 Å². The lowest BCUT2D eigenvalue weighted by atomic mass is 10.2. The van der Waals surface area contributed by atoms with Crippen LogP contribution in [0, 0.1) is 6.92 Å². The molecule has 0 aromatic carbocycles. The van der Waals surface area contributed by atoms with E-state index in [4.69, 9.17) is 4.74 Å². The summed E-state index contributed by atoms with van der Waals surface area (Å²) in [5.74, 6) is -0.367. The average Bonchev–Trinajstić information content (AvgIpc) is 3.13. The molecule has 3 aromatic rings. The van der Waals surface area contributed by atoms with Gasteiger partial charge in [0.05, 0.1) is 29.9 Å². The van der Waals surface area contributed by atoms with Crippen LogP contribution in [0.15, 0.2) is 30.7 Å². The third-order valence-corrected chi connectivity index (χ3v) is 5.74. The highest BCUT2D eigenvalue weighted by molar-refractivity contribution is 7.90. The maximum atomic E-state index is 12.4. The Kier molecular flexibility index (Phi) is 7.75. The van der Waals surface area contributed by atoms with Gasteiger partial charge in [-0.3, -0.25) is 14.5 Å². The summed E-state index contributed by atoms with van der Waals surface area (Å²) < 4.78 is 65.8. The van der Waals surface area contributed by atoms with Crippen molar-refractivity contribution >= 4 is 26.6 Å². The predicted octanol–water partition coefficient (Wildman–Crippen LogP) is 2.22. The fourth-order valence-corrected chi connectivity index (χ4v) is 3.91. The molecule has 13 heteroatoms. The van der Waals surface area contributed by atoms with Crippen molar-refractivity contribution in [3.8, 4) is 5.88 Å². The van der Waals surface area contributed by atoms with Crippen molar-refractivity contribution in [2.75, 3.05) is 25.2 Å². The van der Waals surface area contributed by atoms with Gasteiger partial charge in [0.2, 0.25) is 11.8 Å². The largest absolute Gasteiger partial charge is 0.468 e. The van der Waals surface area contributed by atoms with E-state index in [9.17, 15) is 26.4 Å². The summed E-state index contributed by atoms with van der Waals surface area (Å²) in [6.45, 7) is 0.750. The van der Waals surface area contributed by atoms with Gasteiger partial charge in [-0.1, -0.05) is 0 Å². The molecule has 0 unspecified atom stereocenters. The minimum atomic E-state index is -4.44. The number of pyridine rings is 2. The summed E-state index contributed by atoms with van der Waals surface area (Å²) in [5.41, 5.74) is 2.33. The summed E-state index contributed by atoms with van der Waals surface area (Å²) in [5, 5.41) is 7.84. The molecule has 0 radical (unpaired) electrons. The first-order chi connectivity index (χ1) is 15.9. The number of rotatable bonds is 10. The Hall–Kier alpha value is -3.22. The Labute approximate surface area is 194 Å². The maximum Gasteiger partial charge on any atom is 0.422 e. The summed E-state index contributed by atoms with van der Waals surface area (Å²) in [4.78, 5) is 20.5. The Bertz CT molecular complexity index is 1280. The number of halogens is 3. The SMILES string of the molecule is Cc1cc(Cn2cc3c(CC(=O)NCCCS(C)(=O)=O)nccc3n2)cnc1OCC(F)(F)F. The van der Waals surface area contributed by atoms with Gasteiger partial charge in [-0.25, -0.2) is 13.4 Å². The zero-order valence-electron chi connectivity index (χ0n) is 18.6. The van der Waals surface area contributed by atoms with Crippen molar-refractivity contribution in [1.29, 1.82) is 0 Å². The number of alkyl halides is 3. The van der Waals surface area contributed by atoms with Crippen LogP contribution >= 0.6 is 0 Å². The van der Waals surface area contributed by atoms with Crippen LogP contribution in [0.4, 0.5) is 13.2 Å². The van der Waals surface area contributed by atoms with Gasteiger partial charge in [0, 0.05) is 42.3 Å². The Morgan fingerprint density at radius 2 is 2.03 bits per heavy atom. The Balaban J connectivity index is 1.65. The van der Waals surface area contributed by atoms with Crippen LogP contribution in [-0.4, -0.2) is 65.4 Å². The second-order valence-corrected chi connectivity index (χ2v) is 10.2. The van der Waals surface area contributed by atoms with Crippen molar-refractivity contribution < 1.29 is 31.1 Å². The molecule has 34 heavy (non-hydrogen) atoms. The molecule has 3 rings (SSSR count). The normalized spacial score (nSPS) is 12.1. The summed E-state index contributed by atoms with van der Waals surface area (Å²) >= 11 is 0. The molecule has 184 valence electrons. The zero-order chi connectivity index (χ0) is 24.9. The van der Waals surface area contributed by atoms with Gasteiger partial charge in [-0.15, -0.1) is 0 Å². The first kappa shape index (κ1) is 25.4. The van der Waals surface area contributed by atoms with Crippen molar-refractivity contribution in [2.24, 2.45) is 0 Å². The van der Waals surface area contributed by atoms with E-state index in [1.165, 1.54) is 6.20 Å². The highest BCUT2D eigenvalue weighted by Crippen LogP contribution is 2.21. The number of aryl methyl sites for hydroxylation is 1. The standard InChI is InChI=1S/C21H24F3N5O4S/c1-14-8-15(10-27-20(14)33-13-21(22,23)24)11-29-12-16-17(28-29)4-6-25-18(16)9-19(30)26-5-3-7-34(2,31)32/h4,6,8,10,12H,3,5,7,9,11,13H2,1-2H3,(H,26,30). The van der Waals surface area contributed by atoms with Crippen LogP contribution in [-0.2, 0) is 27.6 Å². The molecule has 0 aliphatic heterocycles. The third kappa shape index (κ3) is 7.68. The van der Waals surface area contributed by atoms with Gasteiger partial charge >= 0.3 is 6.18 Å². The predicted molar refractivity (Wildman–Crippen MR) is 118 cm³/mol. The molecular weight excluding hydrogens is 475 g/mol. The number of fused-ring (bicyclic) bond motifs is 1. The van der Waals surface area contributed by atoms with Gasteiger partial charge in [-0.2, -0.15) is 18.3 Å². The molecule has 0 saturated carbocycles. The Morgan fingerprint density at radius 1 is 1.26 bits per heavy atom. The van der Waals surface area contributed by atoms with Gasteiger partial charge in [0.1, 0.15) is 9.84 Å². The molecule has 0 bridgehead atoms. The second kappa shape index (κ2) is 10.4. The summed E-state index contributed by atoms with van der Waals surface area (Å²) in [6.07, 6.45) is 1.74. The van der Waals surface area contributed by atoms with Crippen LogP contribution in [0.5, 0.6) is 5.88 Å². The van der Waals surface area contributed by atoms with E-state index in [0.717, 1.165) is 6.26 Å². The lowest BCUT2D eigenvalue weighted by molar-refractivity contribution is -0.154. The molecule has 0 fully saturated rings. The molecule has 9 nitrogen and oxygen atoms in total. The van der Waals surface area contributed by atoms with E-state index in [1.807, 2.05) is 0 Å². The van der Waals surface area contributed by atoms with Crippen LogP contribution < -0.4 is 10.1 Å². The van der Waals surface area contributed by atoms with Crippen molar-refractivity contribution in [1.82, 2.24) is 25.1 Å². The highest BCUT2D eigenvalue weighted by Gasteiger charge is 2.29. The van der Waals surface area contributed by atoms with Gasteiger partial charge < -0.3 is 10.1 Å². The fourth-order valence-electron chi connectivity index (χ4n) is 3.24.